The van der Waals surface area contributed by atoms with Crippen molar-refractivity contribution in [2.75, 3.05) is 19.4 Å². The standard InChI is InChI=1S/C33H47N5O6S/c1-5-21(2)29-33(43)37-17-11-10-16-28(37)32(42)34-25(14-7-6-12-18-45-22(3)39)30(40)35-26(31(41)36-29)19-23-20-38(44-4)27-15-9-8-13-24(23)27/h8-9,13,15,20-21,25-26,28-29H,5-7,10-12,14,16-19H2,1-4H3,(H,34,42)(H,35,40)(H,36,41)/t21?,25-,26-,28+,29-/m0/s1. The van der Waals surface area contributed by atoms with Crippen LogP contribution in [0.2, 0.25) is 0 Å². The molecule has 45 heavy (non-hydrogen) atoms. The van der Waals surface area contributed by atoms with E-state index in [1.165, 1.54) is 11.8 Å². The molecule has 3 N–H and O–H groups in total. The lowest BCUT2D eigenvalue weighted by molar-refractivity contribution is -0.147. The first kappa shape index (κ1) is 34.3. The molecule has 0 spiro atoms. The van der Waals surface area contributed by atoms with Crippen LogP contribution >= 0.6 is 11.8 Å². The van der Waals surface area contributed by atoms with Crippen molar-refractivity contribution in [1.82, 2.24) is 25.6 Å². The number of hydrogen-bond donors (Lipinski definition) is 3. The number of aromatic nitrogens is 1. The molecule has 2 aliphatic rings. The molecule has 2 fully saturated rings. The van der Waals surface area contributed by atoms with Crippen LogP contribution < -0.4 is 20.8 Å². The van der Waals surface area contributed by atoms with Gasteiger partial charge in [0.2, 0.25) is 23.6 Å². The van der Waals surface area contributed by atoms with Crippen molar-refractivity contribution in [3.05, 3.63) is 36.0 Å². The third kappa shape index (κ3) is 8.59. The summed E-state index contributed by atoms with van der Waals surface area (Å²) in [4.78, 5) is 74.1. The number of amides is 4. The van der Waals surface area contributed by atoms with Gasteiger partial charge in [0.15, 0.2) is 5.12 Å². The van der Waals surface area contributed by atoms with Crippen LogP contribution in [0.1, 0.15) is 77.7 Å². The van der Waals surface area contributed by atoms with E-state index >= 15 is 0 Å². The van der Waals surface area contributed by atoms with Gasteiger partial charge < -0.3 is 25.7 Å². The van der Waals surface area contributed by atoms with Gasteiger partial charge in [-0.05, 0) is 49.7 Å². The maximum Gasteiger partial charge on any atom is 0.246 e. The number of fused-ring (bicyclic) bond motifs is 2. The Labute approximate surface area is 269 Å². The van der Waals surface area contributed by atoms with Gasteiger partial charge in [-0.25, -0.2) is 0 Å². The first-order chi connectivity index (χ1) is 21.6. The number of piperidine rings is 1. The minimum atomic E-state index is -1.00. The highest BCUT2D eigenvalue weighted by molar-refractivity contribution is 8.13. The molecule has 5 atom stereocenters. The summed E-state index contributed by atoms with van der Waals surface area (Å²) in [5.74, 6) is -0.978. The number of rotatable bonds is 11. The number of hydrogen-bond acceptors (Lipinski definition) is 7. The first-order valence-electron chi connectivity index (χ1n) is 16.1. The molecule has 0 bridgehead atoms. The molecule has 0 aliphatic carbocycles. The average molecular weight is 642 g/mol. The van der Waals surface area contributed by atoms with Gasteiger partial charge in [-0.2, -0.15) is 4.73 Å². The smallest absolute Gasteiger partial charge is 0.246 e. The number of nitrogens with zero attached hydrogens (tertiary/aromatic N) is 2. The molecule has 1 aromatic heterocycles. The van der Waals surface area contributed by atoms with E-state index in [2.05, 4.69) is 16.0 Å². The summed E-state index contributed by atoms with van der Waals surface area (Å²) in [6.07, 6.45) is 7.28. The molecule has 4 amide bonds. The average Bonchev–Trinajstić information content (AvgIpc) is 3.40. The molecule has 4 rings (SSSR count). The van der Waals surface area contributed by atoms with Gasteiger partial charge >= 0.3 is 0 Å². The normalized spacial score (nSPS) is 23.7. The predicted octanol–water partition coefficient (Wildman–Crippen LogP) is 2.98. The topological polar surface area (TPSA) is 139 Å². The van der Waals surface area contributed by atoms with Gasteiger partial charge in [-0.15, -0.1) is 0 Å². The summed E-state index contributed by atoms with van der Waals surface area (Å²) in [7, 11) is 1.56. The lowest BCUT2D eigenvalue weighted by atomic mass is 9.93. The van der Waals surface area contributed by atoms with E-state index in [0.29, 0.717) is 38.0 Å². The third-order valence-corrected chi connectivity index (χ3v) is 9.85. The highest BCUT2D eigenvalue weighted by Gasteiger charge is 2.40. The van der Waals surface area contributed by atoms with Crippen LogP contribution in [0.25, 0.3) is 10.9 Å². The largest absolute Gasteiger partial charge is 0.417 e. The van der Waals surface area contributed by atoms with Crippen molar-refractivity contribution in [3.8, 4) is 0 Å². The second kappa shape index (κ2) is 16.1. The number of carbonyl (C=O) groups excluding carboxylic acids is 5. The van der Waals surface area contributed by atoms with Crippen LogP contribution in [0, 0.1) is 5.92 Å². The Kier molecular flexibility index (Phi) is 12.3. The molecule has 2 aliphatic heterocycles. The zero-order valence-corrected chi connectivity index (χ0v) is 27.6. The van der Waals surface area contributed by atoms with E-state index < -0.39 is 36.0 Å². The van der Waals surface area contributed by atoms with Crippen molar-refractivity contribution in [3.63, 3.8) is 0 Å². The highest BCUT2D eigenvalue weighted by Crippen LogP contribution is 2.24. The third-order valence-electron chi connectivity index (χ3n) is 8.96. The van der Waals surface area contributed by atoms with Crippen molar-refractivity contribution < 1.29 is 28.8 Å². The van der Waals surface area contributed by atoms with Crippen LogP contribution in [0.15, 0.2) is 30.5 Å². The quantitative estimate of drug-likeness (QED) is 0.321. The van der Waals surface area contributed by atoms with Gasteiger partial charge in [0.1, 0.15) is 31.3 Å². The molecule has 1 aromatic carbocycles. The van der Waals surface area contributed by atoms with Gasteiger partial charge in [-0.1, -0.05) is 63.1 Å². The van der Waals surface area contributed by atoms with E-state index in [4.69, 9.17) is 4.84 Å². The Bertz CT molecular complexity index is 1380. The van der Waals surface area contributed by atoms with Gasteiger partial charge in [-0.3, -0.25) is 24.0 Å². The lowest BCUT2D eigenvalue weighted by Gasteiger charge is -2.39. The summed E-state index contributed by atoms with van der Waals surface area (Å²) in [5, 5.41) is 9.83. The van der Waals surface area contributed by atoms with E-state index in [0.717, 1.165) is 42.1 Å². The molecule has 11 nitrogen and oxygen atoms in total. The molecular weight excluding hydrogens is 594 g/mol. The van der Waals surface area contributed by atoms with Crippen LogP contribution in [0.3, 0.4) is 0 Å². The van der Waals surface area contributed by atoms with E-state index in [1.807, 2.05) is 38.1 Å². The molecule has 1 unspecified atom stereocenters. The Hall–Kier alpha value is -3.54. The summed E-state index contributed by atoms with van der Waals surface area (Å²) in [6, 6.07) is 4.23. The zero-order valence-electron chi connectivity index (χ0n) is 26.8. The zero-order chi connectivity index (χ0) is 32.5. The monoisotopic (exact) mass is 641 g/mol. The Morgan fingerprint density at radius 1 is 1.00 bits per heavy atom. The van der Waals surface area contributed by atoms with Gasteiger partial charge in [0.05, 0.1) is 5.52 Å². The number of nitrogens with one attached hydrogen (secondary N) is 3. The van der Waals surface area contributed by atoms with Crippen molar-refractivity contribution >= 4 is 51.4 Å². The lowest BCUT2D eigenvalue weighted by Crippen LogP contribution is -2.64. The molecular formula is C33H47N5O6S. The molecule has 3 heterocycles. The summed E-state index contributed by atoms with van der Waals surface area (Å²) in [5.41, 5.74) is 1.62. The Balaban J connectivity index is 1.65. The van der Waals surface area contributed by atoms with E-state index in [9.17, 15) is 24.0 Å². The molecule has 0 radical (unpaired) electrons. The summed E-state index contributed by atoms with van der Waals surface area (Å²) >= 11 is 1.27. The number of carbonyl (C=O) groups is 5. The fraction of sp³-hybridized carbons (Fsp3) is 0.606. The second-order valence-electron chi connectivity index (χ2n) is 12.1. The first-order valence-corrected chi connectivity index (χ1v) is 17.1. The van der Waals surface area contributed by atoms with E-state index in [1.54, 1.807) is 29.9 Å². The van der Waals surface area contributed by atoms with Crippen LogP contribution in [-0.2, 0) is 30.4 Å². The van der Waals surface area contributed by atoms with Crippen molar-refractivity contribution in [1.29, 1.82) is 0 Å². The second-order valence-corrected chi connectivity index (χ2v) is 13.4. The SMILES string of the molecule is CCC(C)[C@@H]1NC(=O)[C@H](Cc2cn(OC)c3ccccc23)NC(=O)[C@H](CCCCCSC(C)=O)NC(=O)[C@H]2CCCCN2C1=O. The number of thioether (sulfide) groups is 1. The molecule has 246 valence electrons. The molecule has 0 saturated carbocycles. The van der Waals surface area contributed by atoms with E-state index in [-0.39, 0.29) is 29.3 Å². The van der Waals surface area contributed by atoms with Crippen LogP contribution in [0.5, 0.6) is 0 Å². The molecule has 2 aromatic rings. The fourth-order valence-corrected chi connectivity index (χ4v) is 6.83. The highest BCUT2D eigenvalue weighted by atomic mass is 32.2. The maximum absolute atomic E-state index is 14.0. The summed E-state index contributed by atoms with van der Waals surface area (Å²) < 4.78 is 1.62. The number of unbranched alkanes of at least 4 members (excludes halogenated alkanes) is 2. The predicted molar refractivity (Wildman–Crippen MR) is 174 cm³/mol. The number of para-hydroxylation sites is 1. The van der Waals surface area contributed by atoms with Gasteiger partial charge in [0, 0.05) is 37.2 Å². The van der Waals surface area contributed by atoms with Crippen molar-refractivity contribution in [2.24, 2.45) is 5.92 Å². The van der Waals surface area contributed by atoms with Crippen LogP contribution in [0.4, 0.5) is 0 Å². The van der Waals surface area contributed by atoms with Crippen LogP contribution in [-0.4, -0.2) is 81.9 Å². The number of benzene rings is 1. The summed E-state index contributed by atoms with van der Waals surface area (Å²) in [6.45, 7) is 5.84. The minimum Gasteiger partial charge on any atom is -0.417 e. The van der Waals surface area contributed by atoms with Crippen molar-refractivity contribution in [2.45, 2.75) is 103 Å². The maximum atomic E-state index is 14.0. The fourth-order valence-electron chi connectivity index (χ4n) is 6.20. The minimum absolute atomic E-state index is 0.0704. The van der Waals surface area contributed by atoms with Gasteiger partial charge in [0.25, 0.3) is 0 Å². The Morgan fingerprint density at radius 3 is 2.47 bits per heavy atom. The Morgan fingerprint density at radius 2 is 1.73 bits per heavy atom. The molecule has 2 saturated heterocycles. The molecule has 12 heteroatoms.